The van der Waals surface area contributed by atoms with Gasteiger partial charge in [-0.15, -0.1) is 0 Å². The van der Waals surface area contributed by atoms with Crippen LogP contribution in [0.5, 0.6) is 0 Å². The van der Waals surface area contributed by atoms with Gasteiger partial charge in [-0.3, -0.25) is 14.4 Å². The van der Waals surface area contributed by atoms with Gasteiger partial charge in [0.2, 0.25) is 11.8 Å². The highest BCUT2D eigenvalue weighted by Crippen LogP contribution is 2.12. The van der Waals surface area contributed by atoms with E-state index in [1.165, 1.54) is 56.3 Å². The van der Waals surface area contributed by atoms with E-state index < -0.39 is 0 Å². The number of nitrogens with one attached hydrogen (secondary N) is 1. The minimum atomic E-state index is -0.234. The Labute approximate surface area is 282 Å². The number of nitrogens with zero attached hydrogens (tertiary/aromatic N) is 2. The van der Waals surface area contributed by atoms with Gasteiger partial charge in [-0.25, -0.2) is 0 Å². The van der Waals surface area contributed by atoms with E-state index in [0.717, 1.165) is 32.2 Å². The molecule has 0 heterocycles. The van der Waals surface area contributed by atoms with Gasteiger partial charge in [0, 0.05) is 32.4 Å². The van der Waals surface area contributed by atoms with Crippen molar-refractivity contribution in [2.75, 3.05) is 53.5 Å². The molecule has 0 unspecified atom stereocenters. The molecule has 0 saturated carbocycles. The fourth-order valence-electron chi connectivity index (χ4n) is 3.87. The van der Waals surface area contributed by atoms with E-state index >= 15 is 0 Å². The van der Waals surface area contributed by atoms with Gasteiger partial charge >= 0.3 is 5.97 Å². The first kappa shape index (κ1) is 55.7. The highest BCUT2D eigenvalue weighted by atomic mass is 16.5. The van der Waals surface area contributed by atoms with Gasteiger partial charge in [-0.05, 0) is 33.5 Å². The monoisotopic (exact) mass is 650 g/mol. The second kappa shape index (κ2) is 54.8. The molecule has 276 valence electrons. The van der Waals surface area contributed by atoms with Gasteiger partial charge < -0.3 is 25.0 Å². The standard InChI is InChI=1S/C27H53N3O5.5C2H6/c1-4-5-6-7-8-9-10-11-12-13-14-17-27(34)35-24-22-30(21-23-31)26(33)18-19-28-25(32)16-15-20-29(2)3;5*1-2/h31H,4-24H2,1-3H3,(H,28,32);5*1-2H3. The number of carbonyl (C=O) groups excluding carboxylic acids is 3. The summed E-state index contributed by atoms with van der Waals surface area (Å²) in [5, 5.41) is 12.0. The Bertz CT molecular complexity index is 546. The van der Waals surface area contributed by atoms with Crippen molar-refractivity contribution in [2.24, 2.45) is 0 Å². The zero-order chi connectivity index (χ0) is 36.2. The predicted octanol–water partition coefficient (Wildman–Crippen LogP) is 9.03. The number of ether oxygens (including phenoxy) is 1. The second-order valence-corrected chi connectivity index (χ2v) is 9.62. The van der Waals surface area contributed by atoms with Crippen LogP contribution in [-0.2, 0) is 19.1 Å². The Morgan fingerprint density at radius 2 is 1.07 bits per heavy atom. The number of esters is 1. The van der Waals surface area contributed by atoms with Crippen molar-refractivity contribution in [1.82, 2.24) is 15.1 Å². The summed E-state index contributed by atoms with van der Waals surface area (Å²) < 4.78 is 5.28. The zero-order valence-electron chi connectivity index (χ0n) is 32.8. The number of carbonyl (C=O) groups is 3. The minimum absolute atomic E-state index is 0.0651. The first-order chi connectivity index (χ1) is 21.9. The highest BCUT2D eigenvalue weighted by Gasteiger charge is 2.14. The van der Waals surface area contributed by atoms with Crippen LogP contribution >= 0.6 is 0 Å². The molecular weight excluding hydrogens is 566 g/mol. The van der Waals surface area contributed by atoms with E-state index in [1.54, 1.807) is 0 Å². The maximum atomic E-state index is 12.4. The molecule has 0 aliphatic heterocycles. The smallest absolute Gasteiger partial charge is 0.305 e. The summed E-state index contributed by atoms with van der Waals surface area (Å²) in [6.07, 6.45) is 15.3. The minimum Gasteiger partial charge on any atom is -0.464 e. The molecule has 0 bridgehead atoms. The number of rotatable bonds is 24. The Morgan fingerprint density at radius 1 is 0.600 bits per heavy atom. The molecule has 8 nitrogen and oxygen atoms in total. The highest BCUT2D eigenvalue weighted by molar-refractivity contribution is 5.79. The summed E-state index contributed by atoms with van der Waals surface area (Å²) in [6.45, 7) is 23.7. The average Bonchev–Trinajstić information content (AvgIpc) is 3.07. The molecule has 0 atom stereocenters. The molecule has 0 rings (SSSR count). The maximum absolute atomic E-state index is 12.4. The SMILES string of the molecule is CC.CC.CC.CC.CC.CCCCCCCCCCCCCC(=O)OCCN(CCO)C(=O)CCNC(=O)CCCN(C)C. The average molecular weight is 650 g/mol. The lowest BCUT2D eigenvalue weighted by Crippen LogP contribution is -2.38. The number of aliphatic hydroxyl groups excluding tert-OH is 1. The zero-order valence-corrected chi connectivity index (χ0v) is 32.8. The van der Waals surface area contributed by atoms with E-state index in [1.807, 2.05) is 88.2 Å². The summed E-state index contributed by atoms with van der Waals surface area (Å²) in [4.78, 5) is 39.7. The van der Waals surface area contributed by atoms with Crippen LogP contribution < -0.4 is 5.32 Å². The Morgan fingerprint density at radius 3 is 1.51 bits per heavy atom. The van der Waals surface area contributed by atoms with Crippen LogP contribution in [0.2, 0.25) is 0 Å². The summed E-state index contributed by atoms with van der Waals surface area (Å²) >= 11 is 0. The topological polar surface area (TPSA) is 99.2 Å². The van der Waals surface area contributed by atoms with Crippen LogP contribution in [0.15, 0.2) is 0 Å². The number of hydrogen-bond acceptors (Lipinski definition) is 6. The van der Waals surface area contributed by atoms with Gasteiger partial charge in [0.25, 0.3) is 0 Å². The van der Waals surface area contributed by atoms with E-state index in [0.29, 0.717) is 12.8 Å². The fourth-order valence-corrected chi connectivity index (χ4v) is 3.87. The largest absolute Gasteiger partial charge is 0.464 e. The number of amides is 2. The molecule has 0 spiro atoms. The Kier molecular flexibility index (Phi) is 67.8. The fraction of sp³-hybridized carbons (Fsp3) is 0.919. The van der Waals surface area contributed by atoms with Crippen LogP contribution in [0.4, 0.5) is 0 Å². The Hall–Kier alpha value is -1.67. The molecule has 0 aromatic heterocycles. The number of unbranched alkanes of at least 4 members (excludes halogenated alkanes) is 10. The lowest BCUT2D eigenvalue weighted by atomic mass is 10.1. The van der Waals surface area contributed by atoms with E-state index in [9.17, 15) is 19.5 Å². The molecule has 45 heavy (non-hydrogen) atoms. The molecule has 0 fully saturated rings. The number of aliphatic hydroxyl groups is 1. The maximum Gasteiger partial charge on any atom is 0.305 e. The summed E-state index contributed by atoms with van der Waals surface area (Å²) in [6, 6.07) is 0. The quantitative estimate of drug-likeness (QED) is 0.0800. The van der Waals surface area contributed by atoms with E-state index in [4.69, 9.17) is 4.74 Å². The summed E-state index contributed by atoms with van der Waals surface area (Å²) in [7, 11) is 3.92. The molecule has 0 aromatic carbocycles. The molecule has 0 saturated heterocycles. The molecule has 0 aliphatic rings. The van der Waals surface area contributed by atoms with Crippen LogP contribution in [0, 0.1) is 0 Å². The molecule has 0 aromatic rings. The van der Waals surface area contributed by atoms with Crippen LogP contribution in [0.1, 0.15) is 172 Å². The molecule has 2 N–H and O–H groups in total. The molecule has 2 amide bonds. The third-order valence-electron chi connectivity index (χ3n) is 6.00. The van der Waals surface area contributed by atoms with Crippen molar-refractivity contribution in [3.8, 4) is 0 Å². The van der Waals surface area contributed by atoms with Crippen molar-refractivity contribution in [2.45, 2.75) is 172 Å². The van der Waals surface area contributed by atoms with E-state index in [-0.39, 0.29) is 57.1 Å². The van der Waals surface area contributed by atoms with Crippen molar-refractivity contribution < 1.29 is 24.2 Å². The number of hydrogen-bond donors (Lipinski definition) is 2. The summed E-state index contributed by atoms with van der Waals surface area (Å²) in [5.41, 5.74) is 0. The molecule has 0 aliphatic carbocycles. The van der Waals surface area contributed by atoms with Gasteiger partial charge in [0.1, 0.15) is 6.61 Å². The van der Waals surface area contributed by atoms with Crippen LogP contribution in [0.3, 0.4) is 0 Å². The van der Waals surface area contributed by atoms with Gasteiger partial charge in [0.05, 0.1) is 13.2 Å². The van der Waals surface area contributed by atoms with Crippen molar-refractivity contribution in [3.63, 3.8) is 0 Å². The van der Waals surface area contributed by atoms with E-state index in [2.05, 4.69) is 12.2 Å². The van der Waals surface area contributed by atoms with Crippen LogP contribution in [0.25, 0.3) is 0 Å². The van der Waals surface area contributed by atoms with Gasteiger partial charge in [-0.2, -0.15) is 0 Å². The third kappa shape index (κ3) is 52.2. The molecule has 8 heteroatoms. The van der Waals surface area contributed by atoms with Gasteiger partial charge in [-0.1, -0.05) is 140 Å². The van der Waals surface area contributed by atoms with Crippen molar-refractivity contribution in [1.29, 1.82) is 0 Å². The predicted molar refractivity (Wildman–Crippen MR) is 198 cm³/mol. The summed E-state index contributed by atoms with van der Waals surface area (Å²) in [5.74, 6) is -0.471. The van der Waals surface area contributed by atoms with Crippen molar-refractivity contribution in [3.05, 3.63) is 0 Å². The van der Waals surface area contributed by atoms with Gasteiger partial charge in [0.15, 0.2) is 0 Å². The lowest BCUT2D eigenvalue weighted by molar-refractivity contribution is -0.146. The molecular formula is C37H83N3O5. The van der Waals surface area contributed by atoms with Crippen LogP contribution in [-0.4, -0.2) is 86.2 Å². The van der Waals surface area contributed by atoms with Crippen molar-refractivity contribution >= 4 is 17.8 Å². The third-order valence-corrected chi connectivity index (χ3v) is 6.00. The second-order valence-electron chi connectivity index (χ2n) is 9.62. The normalized spacial score (nSPS) is 9.22. The lowest BCUT2D eigenvalue weighted by Gasteiger charge is -2.21. The first-order valence-electron chi connectivity index (χ1n) is 18.9. The molecule has 0 radical (unpaired) electrons. The first-order valence-corrected chi connectivity index (χ1v) is 18.9. The Balaban J connectivity index is -0.000000343.